The van der Waals surface area contributed by atoms with Crippen LogP contribution < -0.4 is 4.90 Å². The molecule has 0 saturated carbocycles. The van der Waals surface area contributed by atoms with Crippen molar-refractivity contribution >= 4 is 5.69 Å². The van der Waals surface area contributed by atoms with E-state index in [1.807, 2.05) is 13.1 Å². The van der Waals surface area contributed by atoms with Crippen molar-refractivity contribution in [3.8, 4) is 0 Å². The number of aryl methyl sites for hydroxylation is 1. The molecule has 0 aromatic carbocycles. The minimum Gasteiger partial charge on any atom is -0.370 e. The van der Waals surface area contributed by atoms with E-state index < -0.39 is 0 Å². The Bertz CT molecular complexity index is 698. The van der Waals surface area contributed by atoms with Crippen LogP contribution in [0.5, 0.6) is 0 Å². The fourth-order valence-corrected chi connectivity index (χ4v) is 3.55. The highest BCUT2D eigenvalue weighted by atomic mass is 16.5. The molecule has 25 heavy (non-hydrogen) atoms. The minimum absolute atomic E-state index is 0.00388. The monoisotopic (exact) mass is 343 g/mol. The Morgan fingerprint density at radius 1 is 1.20 bits per heavy atom. The van der Waals surface area contributed by atoms with Gasteiger partial charge in [-0.1, -0.05) is 5.16 Å². The summed E-state index contributed by atoms with van der Waals surface area (Å²) in [5.41, 5.74) is 2.32. The molecular weight excluding hydrogens is 318 g/mol. The second-order valence-electron chi connectivity index (χ2n) is 6.82. The summed E-state index contributed by atoms with van der Waals surface area (Å²) in [4.78, 5) is 13.7. The van der Waals surface area contributed by atoms with Gasteiger partial charge in [0.25, 0.3) is 5.89 Å². The van der Waals surface area contributed by atoms with Crippen molar-refractivity contribution in [3.63, 3.8) is 0 Å². The molecule has 7 heteroatoms. The molecule has 2 aromatic rings. The lowest BCUT2D eigenvalue weighted by atomic mass is 10.2. The summed E-state index contributed by atoms with van der Waals surface area (Å²) in [5.74, 6) is 1.40. The molecule has 4 rings (SSSR count). The second kappa shape index (κ2) is 7.49. The van der Waals surface area contributed by atoms with Gasteiger partial charge >= 0.3 is 0 Å². The Balaban J connectivity index is 1.35. The summed E-state index contributed by atoms with van der Waals surface area (Å²) in [6, 6.07) is 4.25. The molecule has 7 nitrogen and oxygen atoms in total. The third-order valence-electron chi connectivity index (χ3n) is 4.89. The van der Waals surface area contributed by atoms with Gasteiger partial charge in [0.1, 0.15) is 6.10 Å². The van der Waals surface area contributed by atoms with Crippen LogP contribution in [0.1, 0.15) is 42.8 Å². The van der Waals surface area contributed by atoms with Crippen LogP contribution in [0.2, 0.25) is 0 Å². The predicted octanol–water partition coefficient (Wildman–Crippen LogP) is 2.34. The van der Waals surface area contributed by atoms with Crippen LogP contribution >= 0.6 is 0 Å². The maximum absolute atomic E-state index is 5.61. The Labute approximate surface area is 148 Å². The third kappa shape index (κ3) is 3.99. The molecule has 2 saturated heterocycles. The van der Waals surface area contributed by atoms with E-state index in [0.717, 1.165) is 70.1 Å². The van der Waals surface area contributed by atoms with E-state index in [0.29, 0.717) is 5.89 Å². The van der Waals surface area contributed by atoms with E-state index in [1.54, 1.807) is 0 Å². The zero-order chi connectivity index (χ0) is 17.1. The van der Waals surface area contributed by atoms with Gasteiger partial charge in [0.15, 0.2) is 5.82 Å². The highest BCUT2D eigenvalue weighted by Gasteiger charge is 2.24. The largest absolute Gasteiger partial charge is 0.370 e. The molecule has 2 fully saturated rings. The van der Waals surface area contributed by atoms with Crippen molar-refractivity contribution in [2.24, 2.45) is 0 Å². The Morgan fingerprint density at radius 3 is 3.00 bits per heavy atom. The van der Waals surface area contributed by atoms with Crippen LogP contribution in [-0.2, 0) is 11.3 Å². The topological polar surface area (TPSA) is 67.5 Å². The van der Waals surface area contributed by atoms with Gasteiger partial charge in [-0.05, 0) is 38.3 Å². The number of hydrogen-bond donors (Lipinski definition) is 0. The molecule has 134 valence electrons. The molecule has 0 spiro atoms. The normalized spacial score (nSPS) is 22.3. The van der Waals surface area contributed by atoms with E-state index in [1.165, 1.54) is 5.69 Å². The van der Waals surface area contributed by atoms with Crippen LogP contribution in [0.25, 0.3) is 0 Å². The summed E-state index contributed by atoms with van der Waals surface area (Å²) >= 11 is 0. The molecule has 4 heterocycles. The third-order valence-corrected chi connectivity index (χ3v) is 4.89. The van der Waals surface area contributed by atoms with E-state index >= 15 is 0 Å². The van der Waals surface area contributed by atoms with Crippen LogP contribution in [0.15, 0.2) is 22.9 Å². The van der Waals surface area contributed by atoms with Crippen molar-refractivity contribution in [2.75, 3.05) is 37.7 Å². The van der Waals surface area contributed by atoms with Gasteiger partial charge in [-0.25, -0.2) is 0 Å². The first-order valence-electron chi connectivity index (χ1n) is 9.12. The number of rotatable bonds is 4. The first-order chi connectivity index (χ1) is 12.3. The van der Waals surface area contributed by atoms with Crippen LogP contribution in [-0.4, -0.2) is 52.8 Å². The quantitative estimate of drug-likeness (QED) is 0.844. The number of aromatic nitrogens is 3. The van der Waals surface area contributed by atoms with Crippen LogP contribution in [0.3, 0.4) is 0 Å². The lowest BCUT2D eigenvalue weighted by molar-refractivity contribution is 0.0835. The minimum atomic E-state index is -0.00388. The molecule has 0 N–H and O–H groups in total. The summed E-state index contributed by atoms with van der Waals surface area (Å²) in [5, 5.41) is 4.14. The summed E-state index contributed by atoms with van der Waals surface area (Å²) in [7, 11) is 0. The fourth-order valence-electron chi connectivity index (χ4n) is 3.55. The van der Waals surface area contributed by atoms with E-state index in [2.05, 4.69) is 37.1 Å². The number of pyridine rings is 1. The summed E-state index contributed by atoms with van der Waals surface area (Å²) < 4.78 is 11.0. The zero-order valence-electron chi connectivity index (χ0n) is 14.7. The lowest BCUT2D eigenvalue weighted by Crippen LogP contribution is -2.30. The molecule has 0 bridgehead atoms. The van der Waals surface area contributed by atoms with Gasteiger partial charge in [-0.2, -0.15) is 4.98 Å². The first kappa shape index (κ1) is 16.5. The maximum atomic E-state index is 5.61. The molecule has 2 aliphatic heterocycles. The summed E-state index contributed by atoms with van der Waals surface area (Å²) in [6.07, 6.45) is 5.05. The predicted molar refractivity (Wildman–Crippen MR) is 93.3 cm³/mol. The average Bonchev–Trinajstić information content (AvgIpc) is 3.24. The van der Waals surface area contributed by atoms with Gasteiger partial charge in [-0.15, -0.1) is 0 Å². The molecule has 1 atom stereocenters. The first-order valence-corrected chi connectivity index (χ1v) is 9.12. The molecular formula is C18H25N5O2. The fraction of sp³-hybridized carbons (Fsp3) is 0.611. The molecule has 2 aromatic heterocycles. The zero-order valence-corrected chi connectivity index (χ0v) is 14.7. The number of nitrogens with zero attached hydrogens (tertiary/aromatic N) is 5. The van der Waals surface area contributed by atoms with Crippen LogP contribution in [0.4, 0.5) is 5.69 Å². The molecule has 0 aliphatic carbocycles. The SMILES string of the molecule is Cc1cc(N2CCCN(Cc3noc([C@H]4CCCO4)n3)CC2)ccn1. The van der Waals surface area contributed by atoms with Crippen molar-refractivity contribution in [2.45, 2.75) is 38.8 Å². The Hall–Kier alpha value is -1.99. The highest BCUT2D eigenvalue weighted by molar-refractivity contribution is 5.46. The molecule has 0 unspecified atom stereocenters. The van der Waals surface area contributed by atoms with Gasteiger partial charge in [0.05, 0.1) is 6.54 Å². The summed E-state index contributed by atoms with van der Waals surface area (Å²) in [6.45, 7) is 7.66. The van der Waals surface area contributed by atoms with Crippen molar-refractivity contribution < 1.29 is 9.26 Å². The van der Waals surface area contributed by atoms with Crippen molar-refractivity contribution in [1.29, 1.82) is 0 Å². The van der Waals surface area contributed by atoms with Crippen molar-refractivity contribution in [3.05, 3.63) is 35.7 Å². The Morgan fingerprint density at radius 2 is 2.16 bits per heavy atom. The van der Waals surface area contributed by atoms with Gasteiger partial charge in [0.2, 0.25) is 0 Å². The number of hydrogen-bond acceptors (Lipinski definition) is 7. The molecule has 0 amide bonds. The van der Waals surface area contributed by atoms with Gasteiger partial charge in [0, 0.05) is 50.4 Å². The number of anilines is 1. The number of ether oxygens (including phenoxy) is 1. The second-order valence-corrected chi connectivity index (χ2v) is 6.82. The average molecular weight is 343 g/mol. The smallest absolute Gasteiger partial charge is 0.255 e. The molecule has 2 aliphatic rings. The van der Waals surface area contributed by atoms with Gasteiger partial charge < -0.3 is 14.2 Å². The molecule has 0 radical (unpaired) electrons. The maximum Gasteiger partial charge on any atom is 0.255 e. The van der Waals surface area contributed by atoms with E-state index in [-0.39, 0.29) is 6.10 Å². The lowest BCUT2D eigenvalue weighted by Gasteiger charge is -2.23. The Kier molecular flexibility index (Phi) is 4.94. The standard InChI is InChI=1S/C18H25N5O2/c1-14-12-15(5-6-19-14)23-8-3-7-22(9-10-23)13-17-20-18(25-21-17)16-4-2-11-24-16/h5-6,12,16H,2-4,7-11,13H2,1H3/t16-/m1/s1. The van der Waals surface area contributed by atoms with E-state index in [9.17, 15) is 0 Å². The van der Waals surface area contributed by atoms with E-state index in [4.69, 9.17) is 9.26 Å². The van der Waals surface area contributed by atoms with Gasteiger partial charge in [-0.3, -0.25) is 9.88 Å². The van der Waals surface area contributed by atoms with Crippen molar-refractivity contribution in [1.82, 2.24) is 20.0 Å². The van der Waals surface area contributed by atoms with Crippen LogP contribution in [0, 0.1) is 6.92 Å². The highest BCUT2D eigenvalue weighted by Crippen LogP contribution is 2.27.